The summed E-state index contributed by atoms with van der Waals surface area (Å²) in [5.41, 5.74) is 5.43. The highest BCUT2D eigenvalue weighted by atomic mass is 35.5. The Balaban J connectivity index is 2.52. The smallest absolute Gasteiger partial charge is 0.252 e. The average Bonchev–Trinajstić information content (AvgIpc) is 2.58. The summed E-state index contributed by atoms with van der Waals surface area (Å²) in [6.07, 6.45) is 2.96. The van der Waals surface area contributed by atoms with Crippen LogP contribution in [0.25, 0.3) is 5.78 Å². The molecule has 1 unspecified atom stereocenters. The van der Waals surface area contributed by atoms with Crippen molar-refractivity contribution in [3.05, 3.63) is 23.2 Å². The highest BCUT2D eigenvalue weighted by molar-refractivity contribution is 6.30. The molecular formula is C8H8ClN5O. The number of carbonyl (C=O) groups is 1. The number of hydrogen-bond donors (Lipinski definition) is 1. The van der Waals surface area contributed by atoms with Crippen LogP contribution in [0.5, 0.6) is 0 Å². The highest BCUT2D eigenvalue weighted by Gasteiger charge is 2.17. The Morgan fingerprint density at radius 2 is 2.40 bits per heavy atom. The third-order valence-electron chi connectivity index (χ3n) is 1.80. The highest BCUT2D eigenvalue weighted by Crippen LogP contribution is 2.07. The minimum absolute atomic E-state index is 0.0553. The van der Waals surface area contributed by atoms with E-state index in [1.807, 2.05) is 0 Å². The van der Waals surface area contributed by atoms with Gasteiger partial charge in [-0.3, -0.25) is 4.79 Å². The molecule has 0 radical (unpaired) electrons. The lowest BCUT2D eigenvalue weighted by molar-refractivity contribution is 0.0958. The van der Waals surface area contributed by atoms with Crippen LogP contribution in [0.3, 0.4) is 0 Å². The third-order valence-corrected chi connectivity index (χ3v) is 1.99. The van der Waals surface area contributed by atoms with Gasteiger partial charge in [-0.1, -0.05) is 11.6 Å². The van der Waals surface area contributed by atoms with Crippen LogP contribution in [-0.2, 0) is 0 Å². The molecule has 2 heterocycles. The summed E-state index contributed by atoms with van der Waals surface area (Å²) in [5, 5.41) is 4.35. The Kier molecular flexibility index (Phi) is 2.37. The van der Waals surface area contributed by atoms with E-state index in [0.29, 0.717) is 10.8 Å². The van der Waals surface area contributed by atoms with Gasteiger partial charge < -0.3 is 5.73 Å². The van der Waals surface area contributed by atoms with Crippen molar-refractivity contribution in [3.63, 3.8) is 0 Å². The molecule has 0 aliphatic rings. The van der Waals surface area contributed by atoms with E-state index in [-0.39, 0.29) is 11.6 Å². The fourth-order valence-electron chi connectivity index (χ4n) is 1.07. The van der Waals surface area contributed by atoms with E-state index in [4.69, 9.17) is 17.3 Å². The van der Waals surface area contributed by atoms with Crippen molar-refractivity contribution in [2.24, 2.45) is 5.73 Å². The molecule has 2 N–H and O–H groups in total. The van der Waals surface area contributed by atoms with Crippen LogP contribution in [0.1, 0.15) is 17.5 Å². The second-order valence-corrected chi connectivity index (χ2v) is 3.54. The lowest BCUT2D eigenvalue weighted by Gasteiger charge is -1.96. The van der Waals surface area contributed by atoms with Gasteiger partial charge in [0, 0.05) is 0 Å². The molecule has 0 aliphatic carbocycles. The minimum atomic E-state index is -0.627. The maximum absolute atomic E-state index is 11.5. The van der Waals surface area contributed by atoms with E-state index in [2.05, 4.69) is 15.1 Å². The van der Waals surface area contributed by atoms with Crippen LogP contribution in [0.2, 0.25) is 5.02 Å². The molecule has 15 heavy (non-hydrogen) atoms. The van der Waals surface area contributed by atoms with Crippen LogP contribution >= 0.6 is 11.6 Å². The summed E-state index contributed by atoms with van der Waals surface area (Å²) in [6.45, 7) is 1.58. The van der Waals surface area contributed by atoms with E-state index in [0.717, 1.165) is 0 Å². The number of hydrogen-bond acceptors (Lipinski definition) is 5. The van der Waals surface area contributed by atoms with Gasteiger partial charge in [-0.25, -0.2) is 9.50 Å². The molecule has 78 valence electrons. The van der Waals surface area contributed by atoms with Gasteiger partial charge in [0.15, 0.2) is 0 Å². The lowest BCUT2D eigenvalue weighted by atomic mass is 10.2. The van der Waals surface area contributed by atoms with Crippen LogP contribution in [0.15, 0.2) is 12.4 Å². The molecule has 2 aromatic heterocycles. The first-order valence-electron chi connectivity index (χ1n) is 4.25. The molecule has 0 saturated heterocycles. The fourth-order valence-corrected chi connectivity index (χ4v) is 1.21. The molecule has 2 rings (SSSR count). The molecule has 0 bridgehead atoms. The molecule has 6 nitrogen and oxygen atoms in total. The lowest BCUT2D eigenvalue weighted by Crippen LogP contribution is -2.27. The topological polar surface area (TPSA) is 86.2 Å². The summed E-state index contributed by atoms with van der Waals surface area (Å²) in [5.74, 6) is 0.0554. The number of carbonyl (C=O) groups excluding carboxylic acids is 1. The number of nitrogens with two attached hydrogens (primary N) is 1. The van der Waals surface area contributed by atoms with Crippen molar-refractivity contribution in [2.75, 3.05) is 0 Å². The van der Waals surface area contributed by atoms with Gasteiger partial charge >= 0.3 is 0 Å². The monoisotopic (exact) mass is 225 g/mol. The minimum Gasteiger partial charge on any atom is -0.321 e. The van der Waals surface area contributed by atoms with E-state index in [9.17, 15) is 4.79 Å². The number of aromatic nitrogens is 4. The van der Waals surface area contributed by atoms with E-state index < -0.39 is 6.04 Å². The summed E-state index contributed by atoms with van der Waals surface area (Å²) in [4.78, 5) is 19.3. The van der Waals surface area contributed by atoms with Crippen molar-refractivity contribution < 1.29 is 4.79 Å². The largest absolute Gasteiger partial charge is 0.321 e. The van der Waals surface area contributed by atoms with Gasteiger partial charge in [-0.15, -0.1) is 5.10 Å². The Bertz CT molecular complexity index is 521. The van der Waals surface area contributed by atoms with Crippen LogP contribution in [0.4, 0.5) is 0 Å². The third kappa shape index (κ3) is 1.81. The van der Waals surface area contributed by atoms with Gasteiger partial charge in [0.05, 0.1) is 23.5 Å². The first-order valence-corrected chi connectivity index (χ1v) is 4.63. The molecule has 0 aromatic carbocycles. The van der Waals surface area contributed by atoms with Gasteiger partial charge in [0.2, 0.25) is 11.6 Å². The zero-order chi connectivity index (χ0) is 11.0. The standard InChI is InChI=1S/C8H8ClN5O/c1-4(10)6(15)7-12-8-11-2-5(9)3-14(8)13-7/h2-4H,10H2,1H3. The fraction of sp³-hybridized carbons (Fsp3) is 0.250. The summed E-state index contributed by atoms with van der Waals surface area (Å²) >= 11 is 5.71. The number of Topliss-reactive ketones (excluding diaryl/α,β-unsaturated/α-hetero) is 1. The molecule has 0 amide bonds. The quantitative estimate of drug-likeness (QED) is 0.744. The Morgan fingerprint density at radius 1 is 1.67 bits per heavy atom. The molecular weight excluding hydrogens is 218 g/mol. The van der Waals surface area contributed by atoms with Crippen molar-refractivity contribution in [1.82, 2.24) is 19.6 Å². The second kappa shape index (κ2) is 3.56. The van der Waals surface area contributed by atoms with Gasteiger partial charge in [0.1, 0.15) is 0 Å². The number of ketones is 1. The van der Waals surface area contributed by atoms with Crippen LogP contribution in [0, 0.1) is 0 Å². The van der Waals surface area contributed by atoms with Gasteiger partial charge in [-0.2, -0.15) is 4.98 Å². The van der Waals surface area contributed by atoms with Crippen molar-refractivity contribution >= 4 is 23.2 Å². The Morgan fingerprint density at radius 3 is 3.07 bits per heavy atom. The predicted molar refractivity (Wildman–Crippen MR) is 53.8 cm³/mol. The van der Waals surface area contributed by atoms with Crippen molar-refractivity contribution in [2.45, 2.75) is 13.0 Å². The van der Waals surface area contributed by atoms with E-state index in [1.165, 1.54) is 16.9 Å². The maximum Gasteiger partial charge on any atom is 0.252 e. The molecule has 1 atom stereocenters. The Labute approximate surface area is 90.1 Å². The molecule has 0 spiro atoms. The summed E-state index contributed by atoms with van der Waals surface area (Å²) in [7, 11) is 0. The SMILES string of the molecule is CC(N)C(=O)c1nc2ncc(Cl)cn2n1. The number of nitrogens with zero attached hydrogens (tertiary/aromatic N) is 4. The number of halogens is 1. The van der Waals surface area contributed by atoms with Crippen molar-refractivity contribution in [1.29, 1.82) is 0 Å². The molecule has 2 aromatic rings. The van der Waals surface area contributed by atoms with Crippen LogP contribution in [-0.4, -0.2) is 31.4 Å². The maximum atomic E-state index is 11.5. The van der Waals surface area contributed by atoms with Crippen LogP contribution < -0.4 is 5.73 Å². The van der Waals surface area contributed by atoms with Crippen molar-refractivity contribution in [3.8, 4) is 0 Å². The van der Waals surface area contributed by atoms with E-state index in [1.54, 1.807) is 6.92 Å². The zero-order valence-corrected chi connectivity index (χ0v) is 8.64. The molecule has 0 aliphatic heterocycles. The first kappa shape index (κ1) is 10.0. The Hall–Kier alpha value is -1.53. The average molecular weight is 226 g/mol. The number of rotatable bonds is 2. The van der Waals surface area contributed by atoms with E-state index >= 15 is 0 Å². The normalized spacial score (nSPS) is 13.0. The first-order chi connectivity index (χ1) is 7.08. The second-order valence-electron chi connectivity index (χ2n) is 3.11. The summed E-state index contributed by atoms with van der Waals surface area (Å²) in [6, 6.07) is -0.627. The summed E-state index contributed by atoms with van der Waals surface area (Å²) < 4.78 is 1.35. The molecule has 0 saturated carbocycles. The van der Waals surface area contributed by atoms with Gasteiger partial charge in [0.25, 0.3) is 5.78 Å². The number of fused-ring (bicyclic) bond motifs is 1. The molecule has 0 fully saturated rings. The molecule has 7 heteroatoms. The predicted octanol–water partition coefficient (Wildman–Crippen LogP) is 0.308. The van der Waals surface area contributed by atoms with Gasteiger partial charge in [-0.05, 0) is 6.92 Å². The zero-order valence-electron chi connectivity index (χ0n) is 7.88.